The predicted octanol–water partition coefficient (Wildman–Crippen LogP) is -0.0409. The Morgan fingerprint density at radius 2 is 2.32 bits per heavy atom. The third kappa shape index (κ3) is 4.28. The van der Waals surface area contributed by atoms with Gasteiger partial charge in [-0.05, 0) is 19.3 Å². The average Bonchev–Trinajstić information content (AvgIpc) is 3.42. The third-order valence-electron chi connectivity index (χ3n) is 4.97. The maximum atomic E-state index is 13.2. The lowest BCUT2D eigenvalue weighted by Gasteiger charge is -2.28. The topological polar surface area (TPSA) is 156 Å². The molecule has 3 atom stereocenters. The lowest BCUT2D eigenvalue weighted by atomic mass is 10.1. The number of aliphatic hydroxyl groups excluding tert-OH is 1. The van der Waals surface area contributed by atoms with Crippen molar-refractivity contribution in [3.63, 3.8) is 0 Å². The van der Waals surface area contributed by atoms with E-state index in [2.05, 4.69) is 25.6 Å². The Hall–Kier alpha value is -3.42. The molecule has 1 aromatic heterocycles. The maximum absolute atomic E-state index is 13.2. The van der Waals surface area contributed by atoms with Crippen molar-refractivity contribution in [3.05, 3.63) is 35.2 Å². The third-order valence-corrected chi connectivity index (χ3v) is 4.97. The molecule has 11 nitrogen and oxygen atoms in total. The first kappa shape index (κ1) is 19.3. The number of aromatic nitrogens is 2. The summed E-state index contributed by atoms with van der Waals surface area (Å²) in [5.74, 6) is -1.21. The van der Waals surface area contributed by atoms with E-state index in [0.717, 1.165) is 6.20 Å². The minimum atomic E-state index is -0.898. The molecule has 2 aliphatic rings. The molecule has 0 aliphatic carbocycles. The van der Waals surface area contributed by atoms with Gasteiger partial charge in [-0.15, -0.1) is 0 Å². The van der Waals surface area contributed by atoms with Crippen molar-refractivity contribution in [3.8, 4) is 0 Å². The number of imidazole rings is 1. The molecule has 2 saturated heterocycles. The number of carbonyl (C=O) groups is 3. The SMILES string of the molecule is N#[N+]/C=C(\O)[C@@H]1CCCN1C(=O)[C@H](Cc1cnc[nH]1)NC(=O)[C@@H]1CCC(=O)N1. The fourth-order valence-corrected chi connectivity index (χ4v) is 3.58. The molecule has 0 spiro atoms. The predicted molar refractivity (Wildman–Crippen MR) is 95.9 cm³/mol. The van der Waals surface area contributed by atoms with Gasteiger partial charge in [0.05, 0.1) is 12.4 Å². The number of aliphatic hydroxyl groups is 1. The molecule has 0 saturated carbocycles. The highest BCUT2D eigenvalue weighted by Gasteiger charge is 2.38. The van der Waals surface area contributed by atoms with Crippen molar-refractivity contribution in [2.75, 3.05) is 6.54 Å². The van der Waals surface area contributed by atoms with Crippen LogP contribution in [0.25, 0.3) is 4.98 Å². The molecule has 148 valence electrons. The number of H-pyrrole nitrogens is 1. The van der Waals surface area contributed by atoms with Gasteiger partial charge in [-0.1, -0.05) is 0 Å². The molecule has 0 radical (unpaired) electrons. The summed E-state index contributed by atoms with van der Waals surface area (Å²) in [5, 5.41) is 24.0. The molecule has 3 amide bonds. The van der Waals surface area contributed by atoms with Crippen molar-refractivity contribution in [2.45, 2.75) is 50.2 Å². The minimum Gasteiger partial charge on any atom is -0.504 e. The molecule has 1 aromatic rings. The van der Waals surface area contributed by atoms with E-state index in [9.17, 15) is 19.5 Å². The van der Waals surface area contributed by atoms with E-state index >= 15 is 0 Å². The summed E-state index contributed by atoms with van der Waals surface area (Å²) < 4.78 is 0. The van der Waals surface area contributed by atoms with Gasteiger partial charge in [-0.25, -0.2) is 4.98 Å². The number of nitrogens with one attached hydrogen (secondary N) is 3. The Bertz CT molecular complexity index is 814. The first-order valence-electron chi connectivity index (χ1n) is 9.10. The van der Waals surface area contributed by atoms with Gasteiger partial charge in [0, 0.05) is 31.3 Å². The van der Waals surface area contributed by atoms with E-state index in [1.165, 1.54) is 11.2 Å². The van der Waals surface area contributed by atoms with E-state index in [0.29, 0.717) is 31.5 Å². The van der Waals surface area contributed by atoms with Gasteiger partial charge in [-0.2, -0.15) is 0 Å². The van der Waals surface area contributed by atoms with Crippen LogP contribution in [0.3, 0.4) is 0 Å². The number of amides is 3. The quantitative estimate of drug-likeness (QED) is 0.396. The van der Waals surface area contributed by atoms with Crippen molar-refractivity contribution in [1.29, 1.82) is 5.39 Å². The molecule has 2 aliphatic heterocycles. The van der Waals surface area contributed by atoms with Crippen LogP contribution in [-0.2, 0) is 20.8 Å². The molecule has 3 rings (SSSR count). The van der Waals surface area contributed by atoms with Crippen LogP contribution in [-0.4, -0.2) is 62.4 Å². The second-order valence-corrected chi connectivity index (χ2v) is 6.86. The van der Waals surface area contributed by atoms with E-state index < -0.39 is 24.0 Å². The summed E-state index contributed by atoms with van der Waals surface area (Å²) in [4.78, 5) is 48.2. The smallest absolute Gasteiger partial charge is 0.389 e. The van der Waals surface area contributed by atoms with Gasteiger partial charge in [0.25, 0.3) is 0 Å². The molecule has 4 N–H and O–H groups in total. The summed E-state index contributed by atoms with van der Waals surface area (Å²) in [5.41, 5.74) is 0.662. The van der Waals surface area contributed by atoms with E-state index in [-0.39, 0.29) is 30.4 Å². The summed E-state index contributed by atoms with van der Waals surface area (Å²) in [6.45, 7) is 0.405. The van der Waals surface area contributed by atoms with Crippen LogP contribution in [0.15, 0.2) is 24.5 Å². The Morgan fingerprint density at radius 3 is 2.96 bits per heavy atom. The van der Waals surface area contributed by atoms with Crippen LogP contribution >= 0.6 is 0 Å². The van der Waals surface area contributed by atoms with Gasteiger partial charge in [0.15, 0.2) is 4.98 Å². The van der Waals surface area contributed by atoms with E-state index in [1.807, 2.05) is 0 Å². The summed E-state index contributed by atoms with van der Waals surface area (Å²) in [6, 6.07) is -2.18. The molecular formula is C17H22N7O4+. The van der Waals surface area contributed by atoms with Crippen LogP contribution < -0.4 is 10.6 Å². The monoisotopic (exact) mass is 388 g/mol. The number of carbonyl (C=O) groups excluding carboxylic acids is 3. The average molecular weight is 388 g/mol. The zero-order chi connectivity index (χ0) is 20.1. The lowest BCUT2D eigenvalue weighted by Crippen LogP contribution is -2.54. The zero-order valence-corrected chi connectivity index (χ0v) is 15.2. The number of likely N-dealkylation sites (tertiary alicyclic amines) is 1. The van der Waals surface area contributed by atoms with Crippen molar-refractivity contribution in [2.24, 2.45) is 0 Å². The molecule has 2 fully saturated rings. The molecule has 0 aromatic carbocycles. The Labute approximate surface area is 160 Å². The standard InChI is InChI=1S/C17H21N7O4/c18-21-8-14(25)13-2-1-5-24(13)17(28)12(6-10-7-19-9-20-10)23-16(27)11-3-4-15(26)22-11/h7-9,11-13H,1-6H2,(H3-,19,20,22,23,25,26,27)/p+1/b14-8-/t11-,12-,13-/m0/s1. The number of nitrogens with zero attached hydrogens (tertiary/aromatic N) is 4. The maximum Gasteiger partial charge on any atom is 0.389 e. The second-order valence-electron chi connectivity index (χ2n) is 6.86. The number of hydrogen-bond acceptors (Lipinski definition) is 6. The lowest BCUT2D eigenvalue weighted by molar-refractivity contribution is -0.137. The first-order chi connectivity index (χ1) is 13.5. The zero-order valence-electron chi connectivity index (χ0n) is 15.2. The summed E-state index contributed by atoms with van der Waals surface area (Å²) in [6.07, 6.45) is 5.96. The molecule has 0 bridgehead atoms. The van der Waals surface area contributed by atoms with E-state index in [4.69, 9.17) is 5.39 Å². The summed E-state index contributed by atoms with van der Waals surface area (Å²) in [7, 11) is 0. The molecule has 11 heteroatoms. The Morgan fingerprint density at radius 1 is 1.50 bits per heavy atom. The van der Waals surface area contributed by atoms with Crippen LogP contribution in [0.1, 0.15) is 31.4 Å². The van der Waals surface area contributed by atoms with Gasteiger partial charge < -0.3 is 25.6 Å². The van der Waals surface area contributed by atoms with Gasteiger partial charge in [0.1, 0.15) is 12.1 Å². The molecule has 3 heterocycles. The number of hydrogen-bond donors (Lipinski definition) is 4. The Kier molecular flexibility index (Phi) is 5.88. The van der Waals surface area contributed by atoms with Crippen molar-refractivity contribution in [1.82, 2.24) is 25.5 Å². The van der Waals surface area contributed by atoms with E-state index in [1.54, 1.807) is 6.20 Å². The van der Waals surface area contributed by atoms with Gasteiger partial charge in [-0.3, -0.25) is 14.4 Å². The first-order valence-corrected chi connectivity index (χ1v) is 9.10. The van der Waals surface area contributed by atoms with Crippen LogP contribution in [0.5, 0.6) is 0 Å². The van der Waals surface area contributed by atoms with Crippen molar-refractivity contribution < 1.29 is 19.5 Å². The molecular weight excluding hydrogens is 366 g/mol. The van der Waals surface area contributed by atoms with Gasteiger partial charge >= 0.3 is 6.20 Å². The summed E-state index contributed by atoms with van der Waals surface area (Å²) >= 11 is 0. The fourth-order valence-electron chi connectivity index (χ4n) is 3.58. The highest BCUT2D eigenvalue weighted by Crippen LogP contribution is 2.24. The van der Waals surface area contributed by atoms with Crippen LogP contribution in [0.4, 0.5) is 0 Å². The normalized spacial score (nSPS) is 23.2. The van der Waals surface area contributed by atoms with Crippen LogP contribution in [0, 0.1) is 5.39 Å². The minimum absolute atomic E-state index is 0.184. The number of diazo groups is 1. The number of rotatable bonds is 6. The highest BCUT2D eigenvalue weighted by atomic mass is 16.3. The Balaban J connectivity index is 1.76. The van der Waals surface area contributed by atoms with Crippen LogP contribution in [0.2, 0.25) is 0 Å². The largest absolute Gasteiger partial charge is 0.504 e. The van der Waals surface area contributed by atoms with Crippen molar-refractivity contribution >= 4 is 17.7 Å². The molecule has 0 unspecified atom stereocenters. The highest BCUT2D eigenvalue weighted by molar-refractivity contribution is 5.94. The van der Waals surface area contributed by atoms with Gasteiger partial charge in [0.2, 0.25) is 28.9 Å². The fraction of sp³-hybridized carbons (Fsp3) is 0.529. The molecule has 28 heavy (non-hydrogen) atoms. The number of aromatic amines is 1. The second kappa shape index (κ2) is 8.51.